The Bertz CT molecular complexity index is 885. The zero-order chi connectivity index (χ0) is 19.3. The van der Waals surface area contributed by atoms with E-state index in [0.29, 0.717) is 5.56 Å². The van der Waals surface area contributed by atoms with Crippen molar-refractivity contribution in [3.63, 3.8) is 0 Å². The van der Waals surface area contributed by atoms with E-state index in [1.807, 2.05) is 0 Å². The van der Waals surface area contributed by atoms with E-state index < -0.39 is 33.7 Å². The third-order valence-corrected chi connectivity index (χ3v) is 4.96. The van der Waals surface area contributed by atoms with Gasteiger partial charge in [0, 0.05) is 0 Å². The fraction of sp³-hybridized carbons (Fsp3) is 0.235. The summed E-state index contributed by atoms with van der Waals surface area (Å²) in [6, 6.07) is 7.02. The maximum Gasteiger partial charge on any atom is 0.324 e. The van der Waals surface area contributed by atoms with Gasteiger partial charge in [-0.15, -0.1) is 0 Å². The summed E-state index contributed by atoms with van der Waals surface area (Å²) in [6.45, 7) is 1.07. The molecule has 0 heterocycles. The van der Waals surface area contributed by atoms with Gasteiger partial charge in [0.1, 0.15) is 18.5 Å². The first kappa shape index (κ1) is 19.8. The second-order valence-electron chi connectivity index (χ2n) is 5.37. The van der Waals surface area contributed by atoms with Gasteiger partial charge in [0.15, 0.2) is 11.6 Å². The van der Waals surface area contributed by atoms with Crippen LogP contribution in [0, 0.1) is 11.6 Å². The van der Waals surface area contributed by atoms with E-state index in [1.165, 1.54) is 26.2 Å². The molecule has 2 aromatic carbocycles. The number of hydrogen-bond acceptors (Lipinski definition) is 5. The first-order chi connectivity index (χ1) is 12.2. The Morgan fingerprint density at radius 2 is 1.81 bits per heavy atom. The predicted octanol–water partition coefficient (Wildman–Crippen LogP) is 2.38. The zero-order valence-electron chi connectivity index (χ0n) is 14.0. The van der Waals surface area contributed by atoms with Crippen LogP contribution in [0.25, 0.3) is 0 Å². The molecule has 0 saturated heterocycles. The Balaban J connectivity index is 1.96. The first-order valence-corrected chi connectivity index (χ1v) is 8.98. The first-order valence-electron chi connectivity index (χ1n) is 7.50. The second-order valence-corrected chi connectivity index (χ2v) is 7.09. The molecule has 0 aromatic heterocycles. The van der Waals surface area contributed by atoms with Gasteiger partial charge in [-0.2, -0.15) is 4.72 Å². The second kappa shape index (κ2) is 8.24. The highest BCUT2D eigenvalue weighted by atomic mass is 32.2. The molecule has 0 saturated carbocycles. The third kappa shape index (κ3) is 4.99. The van der Waals surface area contributed by atoms with E-state index in [1.54, 1.807) is 0 Å². The number of hydrogen-bond donors (Lipinski definition) is 1. The van der Waals surface area contributed by atoms with E-state index in [2.05, 4.69) is 4.72 Å². The van der Waals surface area contributed by atoms with Crippen LogP contribution in [0.1, 0.15) is 12.5 Å². The number of rotatable bonds is 7. The van der Waals surface area contributed by atoms with Crippen LogP contribution in [0.2, 0.25) is 0 Å². The molecular weight excluding hydrogens is 368 g/mol. The van der Waals surface area contributed by atoms with Gasteiger partial charge < -0.3 is 9.47 Å². The van der Waals surface area contributed by atoms with Crippen LogP contribution in [0.4, 0.5) is 8.78 Å². The normalized spacial score (nSPS) is 12.5. The molecule has 1 N–H and O–H groups in total. The lowest BCUT2D eigenvalue weighted by Crippen LogP contribution is -2.39. The molecule has 6 nitrogen and oxygen atoms in total. The Morgan fingerprint density at radius 3 is 2.38 bits per heavy atom. The van der Waals surface area contributed by atoms with E-state index in [-0.39, 0.29) is 17.3 Å². The van der Waals surface area contributed by atoms with Crippen molar-refractivity contribution in [2.75, 3.05) is 7.11 Å². The maximum atomic E-state index is 13.6. The summed E-state index contributed by atoms with van der Waals surface area (Å²) < 4.78 is 62.7. The molecule has 0 radical (unpaired) electrons. The number of halogens is 2. The van der Waals surface area contributed by atoms with Gasteiger partial charge in [-0.05, 0) is 48.9 Å². The Labute approximate surface area is 149 Å². The number of sulfonamides is 1. The summed E-state index contributed by atoms with van der Waals surface area (Å²) in [4.78, 5) is 11.8. The molecule has 140 valence electrons. The van der Waals surface area contributed by atoms with E-state index in [9.17, 15) is 22.0 Å². The van der Waals surface area contributed by atoms with Gasteiger partial charge in [0.25, 0.3) is 0 Å². The average molecular weight is 385 g/mol. The van der Waals surface area contributed by atoms with Gasteiger partial charge in [-0.3, -0.25) is 4.79 Å². The minimum atomic E-state index is -4.01. The van der Waals surface area contributed by atoms with E-state index >= 15 is 0 Å². The summed E-state index contributed by atoms with van der Waals surface area (Å²) in [5.74, 6) is -1.97. The van der Waals surface area contributed by atoms with E-state index in [4.69, 9.17) is 9.47 Å². The lowest BCUT2D eigenvalue weighted by atomic mass is 10.2. The Hall–Kier alpha value is -2.52. The molecule has 0 amide bonds. The monoisotopic (exact) mass is 385 g/mol. The quantitative estimate of drug-likeness (QED) is 0.740. The van der Waals surface area contributed by atoms with E-state index in [0.717, 1.165) is 30.3 Å². The summed E-state index contributed by atoms with van der Waals surface area (Å²) in [6.07, 6.45) is 0. The predicted molar refractivity (Wildman–Crippen MR) is 88.9 cm³/mol. The van der Waals surface area contributed by atoms with Crippen LogP contribution >= 0.6 is 0 Å². The van der Waals surface area contributed by atoms with Crippen molar-refractivity contribution in [2.45, 2.75) is 24.5 Å². The zero-order valence-corrected chi connectivity index (χ0v) is 14.8. The topological polar surface area (TPSA) is 81.7 Å². The van der Waals surface area contributed by atoms with Crippen molar-refractivity contribution >= 4 is 16.0 Å². The van der Waals surface area contributed by atoms with Gasteiger partial charge >= 0.3 is 5.97 Å². The molecule has 2 aromatic rings. The van der Waals surface area contributed by atoms with Crippen LogP contribution in [0.3, 0.4) is 0 Å². The highest BCUT2D eigenvalue weighted by Crippen LogP contribution is 2.18. The van der Waals surface area contributed by atoms with Crippen molar-refractivity contribution < 1.29 is 31.5 Å². The molecule has 0 unspecified atom stereocenters. The lowest BCUT2D eigenvalue weighted by Gasteiger charge is -2.14. The summed E-state index contributed by atoms with van der Waals surface area (Å²) >= 11 is 0. The standard InChI is InChI=1S/C17H17F2NO5S/c1-11(20-26(22,23)14-6-4-13(18)5-7-14)17(21)25-10-12-3-8-16(24-2)15(19)9-12/h3-9,11,20H,10H2,1-2H3/t11-/m0/s1. The molecule has 0 bridgehead atoms. The number of nitrogens with one attached hydrogen (secondary N) is 1. The van der Waals surface area contributed by atoms with Crippen molar-refractivity contribution in [3.8, 4) is 5.75 Å². The minimum Gasteiger partial charge on any atom is -0.494 e. The molecule has 0 aliphatic heterocycles. The number of esters is 1. The van der Waals surface area contributed by atoms with Crippen LogP contribution in [-0.4, -0.2) is 27.5 Å². The van der Waals surface area contributed by atoms with Crippen molar-refractivity contribution in [1.82, 2.24) is 4.72 Å². The molecule has 0 fully saturated rings. The van der Waals surface area contributed by atoms with Crippen LogP contribution in [0.15, 0.2) is 47.4 Å². The van der Waals surface area contributed by atoms with Gasteiger partial charge in [-0.1, -0.05) is 6.07 Å². The van der Waals surface area contributed by atoms with Crippen molar-refractivity contribution in [1.29, 1.82) is 0 Å². The molecule has 1 atom stereocenters. The van der Waals surface area contributed by atoms with Crippen LogP contribution in [-0.2, 0) is 26.2 Å². The summed E-state index contributed by atoms with van der Waals surface area (Å²) in [5.41, 5.74) is 0.380. The van der Waals surface area contributed by atoms with Crippen molar-refractivity contribution in [2.24, 2.45) is 0 Å². The minimum absolute atomic E-state index is 0.0560. The molecule has 0 aliphatic rings. The maximum absolute atomic E-state index is 13.6. The molecule has 26 heavy (non-hydrogen) atoms. The number of ether oxygens (including phenoxy) is 2. The van der Waals surface area contributed by atoms with Crippen LogP contribution < -0.4 is 9.46 Å². The third-order valence-electron chi connectivity index (χ3n) is 3.41. The van der Waals surface area contributed by atoms with Gasteiger partial charge in [-0.25, -0.2) is 17.2 Å². The number of carbonyl (C=O) groups excluding carboxylic acids is 1. The lowest BCUT2D eigenvalue weighted by molar-refractivity contribution is -0.146. The highest BCUT2D eigenvalue weighted by molar-refractivity contribution is 7.89. The Kier molecular flexibility index (Phi) is 6.27. The van der Waals surface area contributed by atoms with Gasteiger partial charge in [0.2, 0.25) is 10.0 Å². The highest BCUT2D eigenvalue weighted by Gasteiger charge is 2.23. The molecule has 2 rings (SSSR count). The SMILES string of the molecule is COc1ccc(COC(=O)[C@H](C)NS(=O)(=O)c2ccc(F)cc2)cc1F. The molecule has 9 heteroatoms. The molecule has 0 aliphatic carbocycles. The van der Waals surface area contributed by atoms with Crippen LogP contribution in [0.5, 0.6) is 5.75 Å². The fourth-order valence-corrected chi connectivity index (χ4v) is 3.23. The molecular formula is C17H17F2NO5S. The Morgan fingerprint density at radius 1 is 1.15 bits per heavy atom. The average Bonchev–Trinajstić information content (AvgIpc) is 2.59. The summed E-state index contributed by atoms with van der Waals surface area (Å²) in [5, 5.41) is 0. The molecule has 0 spiro atoms. The smallest absolute Gasteiger partial charge is 0.324 e. The van der Waals surface area contributed by atoms with Crippen molar-refractivity contribution in [3.05, 3.63) is 59.7 Å². The van der Waals surface area contributed by atoms with Gasteiger partial charge in [0.05, 0.1) is 12.0 Å². The number of benzene rings is 2. The number of carbonyl (C=O) groups is 1. The largest absolute Gasteiger partial charge is 0.494 e. The fourth-order valence-electron chi connectivity index (χ4n) is 2.04. The summed E-state index contributed by atoms with van der Waals surface area (Å²) in [7, 11) is -2.69. The number of methoxy groups -OCH3 is 1.